The van der Waals surface area contributed by atoms with Gasteiger partial charge in [0.1, 0.15) is 78.4 Å². The molecule has 5 rings (SSSR count). The predicted octanol–water partition coefficient (Wildman–Crippen LogP) is -2.59. The van der Waals surface area contributed by atoms with Crippen LogP contribution in [0.3, 0.4) is 0 Å². The molecule has 3 fully saturated rings. The molecule has 0 saturated carbocycles. The lowest BCUT2D eigenvalue weighted by molar-refractivity contribution is -0.150. The van der Waals surface area contributed by atoms with Gasteiger partial charge in [-0.15, -0.1) is 0 Å². The van der Waals surface area contributed by atoms with Gasteiger partial charge in [0, 0.05) is 74.7 Å². The van der Waals surface area contributed by atoms with Crippen molar-refractivity contribution in [3.8, 4) is 5.75 Å². The molecular formula is C73H116N12O21S. The van der Waals surface area contributed by atoms with Gasteiger partial charge >= 0.3 is 0 Å². The summed E-state index contributed by atoms with van der Waals surface area (Å²) in [6.45, 7) is 9.06. The highest BCUT2D eigenvalue weighted by Crippen LogP contribution is 2.28. The van der Waals surface area contributed by atoms with E-state index >= 15 is 9.59 Å². The van der Waals surface area contributed by atoms with Crippen LogP contribution in [-0.4, -0.2) is 262 Å². The number of hydrogen-bond acceptors (Lipinski definition) is 22. The average molecular weight is 1530 g/mol. The highest BCUT2D eigenvalue weighted by molar-refractivity contribution is 7.84. The topological polar surface area (TPSA) is 517 Å². The fraction of sp³-hybridized carbons (Fsp3) is 0.685. The van der Waals surface area contributed by atoms with Crippen LogP contribution in [0.1, 0.15) is 162 Å². The summed E-state index contributed by atoms with van der Waals surface area (Å²) in [5.41, 5.74) is 6.22. The summed E-state index contributed by atoms with van der Waals surface area (Å²) in [7, 11) is -1.35. The van der Waals surface area contributed by atoms with Crippen molar-refractivity contribution < 1.29 is 103 Å². The number of aromatic hydroxyl groups is 1. The Labute approximate surface area is 627 Å². The van der Waals surface area contributed by atoms with Gasteiger partial charge in [-0.2, -0.15) is 0 Å². The molecule has 33 nitrogen and oxygen atoms in total. The van der Waals surface area contributed by atoms with Crippen LogP contribution in [-0.2, 0) is 74.7 Å². The van der Waals surface area contributed by atoms with Crippen LogP contribution in [0.15, 0.2) is 54.6 Å². The number of carbonyl (C=O) groups is 11. The molecule has 0 spiro atoms. The minimum atomic E-state index is -2.44. The second-order valence-corrected chi connectivity index (χ2v) is 30.5. The van der Waals surface area contributed by atoms with Gasteiger partial charge in [0.25, 0.3) is 0 Å². The number of amides is 11. The maximum Gasteiger partial charge on any atom is 0.248 e. The first-order valence-corrected chi connectivity index (χ1v) is 38.9. The molecule has 3 aliphatic rings. The second kappa shape index (κ2) is 45.2. The Morgan fingerprint density at radius 1 is 0.692 bits per heavy atom. The van der Waals surface area contributed by atoms with E-state index in [-0.39, 0.29) is 68.2 Å². The Morgan fingerprint density at radius 3 is 1.95 bits per heavy atom. The van der Waals surface area contributed by atoms with Gasteiger partial charge in [0.05, 0.1) is 31.0 Å². The number of benzene rings is 2. The van der Waals surface area contributed by atoms with Gasteiger partial charge < -0.3 is 109 Å². The molecule has 600 valence electrons. The van der Waals surface area contributed by atoms with E-state index in [0.717, 1.165) is 85.9 Å². The molecule has 34 heteroatoms. The van der Waals surface area contributed by atoms with Crippen LogP contribution in [0.5, 0.6) is 5.75 Å². The lowest BCUT2D eigenvalue weighted by Gasteiger charge is -2.35. The number of carbonyl (C=O) groups excluding carboxylic acids is 11. The Kier molecular flexibility index (Phi) is 38.0. The van der Waals surface area contributed by atoms with Crippen LogP contribution < -0.4 is 53.6 Å². The lowest BCUT2D eigenvalue weighted by atomic mass is 9.91. The average Bonchev–Trinajstić information content (AvgIpc) is 1.73. The van der Waals surface area contributed by atoms with Crippen molar-refractivity contribution in [3.63, 3.8) is 0 Å². The van der Waals surface area contributed by atoms with Crippen molar-refractivity contribution in [1.82, 2.24) is 57.7 Å². The van der Waals surface area contributed by atoms with Gasteiger partial charge in [-0.3, -0.25) is 56.9 Å². The first-order valence-electron chi connectivity index (χ1n) is 37.2. The lowest BCUT2D eigenvalue weighted by Crippen LogP contribution is -2.64. The number of unbranched alkanes of at least 4 members (excludes halogenated alkanes) is 5. The number of aliphatic hydroxyl groups excluding tert-OH is 7. The molecule has 0 radical (unpaired) electrons. The molecule has 0 aromatic heterocycles. The van der Waals surface area contributed by atoms with Crippen molar-refractivity contribution in [1.29, 1.82) is 0 Å². The molecule has 0 bridgehead atoms. The fourth-order valence-corrected chi connectivity index (χ4v) is 14.0. The summed E-state index contributed by atoms with van der Waals surface area (Å²) in [4.78, 5) is 159. The third-order valence-electron chi connectivity index (χ3n) is 19.6. The SMILES string of the molecule is CC[C@H](C)C[C@H](C)CCCCCCCCC(=O)N[C@H]1C[C@@H](O)[C@@H](OCCN)NC(=O)[C@@H]2[C@@H](O)CCN2C(=O)[C@H]([C@H](O)CCNC(=O)[C@H](Cc2ccccc2)NC(=O)[C@H](CC(C)C)NC(=O)[C@H](CCS(C)=O)NC=O)NC(=O)[C@H]([C@H](O)[C@@H](O)c2ccc(O)cc2)NC(=O)[C@@H]2C[C@@H](O)CN2C(=O)[C@H]([C@@H](C)O)NC1=O. The summed E-state index contributed by atoms with van der Waals surface area (Å²) in [6.07, 6.45) is -8.24. The number of aliphatic hydroxyl groups is 7. The fourth-order valence-electron chi connectivity index (χ4n) is 13.4. The zero-order chi connectivity index (χ0) is 79.2. The van der Waals surface area contributed by atoms with E-state index in [9.17, 15) is 88.2 Å². The van der Waals surface area contributed by atoms with Crippen LogP contribution in [0, 0.1) is 17.8 Å². The van der Waals surface area contributed by atoms with Gasteiger partial charge in [-0.05, 0) is 86.5 Å². The standard InChI is InChI=1S/C73H116N12O21S/c1-8-42(4)35-43(5)18-14-11-9-10-12-17-21-57(93)77-52-38-56(92)71(106-32-29-74)83-70(102)61-55(91)27-31-84(61)73(104)59(54(90)26-30-75-64(96)51(36-45-19-15-13-16-20-45)79-66(98)50(34-41(2)3)78-65(97)49(76-40-86)28-33-107(7)105)81-69(101)60(63(95)62(94)46-22-24-47(88)25-23-46)82-68(100)53-37-48(89)39-85(53)72(103)58(44(6)87)80-67(52)99/h13,15-16,19-20,22-25,40-44,48-56,58-63,71,87-92,94-95H,8-12,14,17-18,21,26-39,74H2,1-7H3,(H,75,96)(H,76,86)(H,77,93)(H,78,97)(H,79,98)(H,80,99)(H,81,101)(H,82,100)(H,83,102)/t42-,43+,44+,48+,49-,50-,51-,52-,53-,54+,55-,56+,58-,59-,60-,61-,62-,63-,71+,107?/m0/s1. The van der Waals surface area contributed by atoms with Gasteiger partial charge in [-0.1, -0.05) is 122 Å². The number of nitrogens with zero attached hydrogens (tertiary/aromatic N) is 2. The number of rotatable bonds is 38. The highest BCUT2D eigenvalue weighted by atomic mass is 32.2. The number of phenols is 1. The number of hydrogen-bond donors (Lipinski definition) is 18. The quantitative estimate of drug-likeness (QED) is 0.0242. The smallest absolute Gasteiger partial charge is 0.248 e. The first kappa shape index (κ1) is 89.8. The van der Waals surface area contributed by atoms with Crippen LogP contribution in [0.4, 0.5) is 0 Å². The van der Waals surface area contributed by atoms with E-state index in [4.69, 9.17) is 10.5 Å². The molecule has 0 aliphatic carbocycles. The van der Waals surface area contributed by atoms with Gasteiger partial charge in [0.15, 0.2) is 6.23 Å². The molecule has 3 saturated heterocycles. The van der Waals surface area contributed by atoms with Crippen molar-refractivity contribution in [2.24, 2.45) is 23.5 Å². The predicted molar refractivity (Wildman–Crippen MR) is 392 cm³/mol. The third-order valence-corrected chi connectivity index (χ3v) is 20.4. The maximum atomic E-state index is 15.4. The van der Waals surface area contributed by atoms with Gasteiger partial charge in [0.2, 0.25) is 65.5 Å². The maximum absolute atomic E-state index is 15.4. The van der Waals surface area contributed by atoms with Crippen LogP contribution >= 0.6 is 0 Å². The summed E-state index contributed by atoms with van der Waals surface area (Å²) in [6, 6.07) is -3.14. The highest BCUT2D eigenvalue weighted by Gasteiger charge is 2.49. The third kappa shape index (κ3) is 28.6. The largest absolute Gasteiger partial charge is 0.508 e. The monoisotopic (exact) mass is 1530 g/mol. The summed E-state index contributed by atoms with van der Waals surface area (Å²) in [5.74, 6) is -10.1. The van der Waals surface area contributed by atoms with Crippen LogP contribution in [0.2, 0.25) is 0 Å². The molecule has 3 heterocycles. The van der Waals surface area contributed by atoms with Crippen LogP contribution in [0.25, 0.3) is 0 Å². The van der Waals surface area contributed by atoms with E-state index in [1.165, 1.54) is 6.26 Å². The molecular weight excluding hydrogens is 1410 g/mol. The van der Waals surface area contributed by atoms with Crippen molar-refractivity contribution in [2.45, 2.75) is 254 Å². The number of phenolic OH excluding ortho intramolecular Hbond substituents is 1. The molecule has 1 unspecified atom stereocenters. The minimum absolute atomic E-state index is 0.0343. The molecule has 2 aromatic rings. The molecule has 3 aliphatic heterocycles. The number of nitrogens with one attached hydrogen (secondary N) is 9. The Morgan fingerprint density at radius 2 is 1.32 bits per heavy atom. The van der Waals surface area contributed by atoms with E-state index in [0.29, 0.717) is 36.7 Å². The van der Waals surface area contributed by atoms with E-state index in [2.05, 4.69) is 68.6 Å². The van der Waals surface area contributed by atoms with Crippen molar-refractivity contribution in [3.05, 3.63) is 65.7 Å². The number of fused-ring (bicyclic) bond motifs is 2. The normalized spacial score (nSPS) is 24.9. The van der Waals surface area contributed by atoms with Gasteiger partial charge in [-0.25, -0.2) is 0 Å². The van der Waals surface area contributed by atoms with E-state index in [1.54, 1.807) is 44.2 Å². The van der Waals surface area contributed by atoms with Crippen molar-refractivity contribution >= 4 is 76.3 Å². The molecule has 2 aromatic carbocycles. The molecule has 107 heavy (non-hydrogen) atoms. The summed E-state index contributed by atoms with van der Waals surface area (Å²) < 4.78 is 17.8. The minimum Gasteiger partial charge on any atom is -0.508 e. The Balaban J connectivity index is 1.54. The Hall–Kier alpha value is -7.80. The first-order chi connectivity index (χ1) is 50.8. The van der Waals surface area contributed by atoms with E-state index < -0.39 is 212 Å². The second-order valence-electron chi connectivity index (χ2n) is 29.0. The zero-order valence-electron chi connectivity index (χ0n) is 62.3. The number of ether oxygens (including phenoxy) is 1. The summed E-state index contributed by atoms with van der Waals surface area (Å²) >= 11 is 0. The van der Waals surface area contributed by atoms with E-state index in [1.807, 2.05) is 0 Å². The molecule has 20 atom stereocenters. The van der Waals surface area contributed by atoms with Crippen molar-refractivity contribution in [2.75, 3.05) is 44.8 Å². The number of nitrogens with two attached hydrogens (primary N) is 1. The molecule has 19 N–H and O–H groups in total. The molecule has 11 amide bonds. The Bertz CT molecular complexity index is 3230. The zero-order valence-corrected chi connectivity index (χ0v) is 63.2. The summed E-state index contributed by atoms with van der Waals surface area (Å²) in [5, 5.41) is 115.